The molecule has 0 saturated heterocycles. The van der Waals surface area contributed by atoms with E-state index in [2.05, 4.69) is 15.6 Å². The molecule has 34 heavy (non-hydrogen) atoms. The molecule has 0 spiro atoms. The Kier molecular flexibility index (Phi) is 8.17. The fourth-order valence-corrected chi connectivity index (χ4v) is 5.20. The van der Waals surface area contributed by atoms with Gasteiger partial charge in [0.2, 0.25) is 11.8 Å². The van der Waals surface area contributed by atoms with Gasteiger partial charge in [0.1, 0.15) is 5.75 Å². The molecule has 2 N–H and O–H groups in total. The maximum Gasteiger partial charge on any atom is 0.234 e. The van der Waals surface area contributed by atoms with E-state index in [0.29, 0.717) is 19.4 Å². The topological polar surface area (TPSA) is 80.3 Å². The Morgan fingerprint density at radius 3 is 2.44 bits per heavy atom. The number of hydrogen-bond donors (Lipinski definition) is 2. The molecular weight excluding hydrogens is 466 g/mol. The molecule has 4 rings (SSSR count). The first-order valence-electron chi connectivity index (χ1n) is 11.0. The van der Waals surface area contributed by atoms with Gasteiger partial charge in [-0.05, 0) is 61.4 Å². The number of nitrogens with one attached hydrogen (secondary N) is 2. The second kappa shape index (κ2) is 11.7. The summed E-state index contributed by atoms with van der Waals surface area (Å²) in [6, 6.07) is 22.9. The van der Waals surface area contributed by atoms with Crippen molar-refractivity contribution in [1.29, 1.82) is 0 Å². The predicted octanol–water partition coefficient (Wildman–Crippen LogP) is 6.00. The smallest absolute Gasteiger partial charge is 0.234 e. The average molecular weight is 492 g/mol. The molecule has 1 aromatic heterocycles. The minimum Gasteiger partial charge on any atom is -0.494 e. The molecule has 0 aliphatic rings. The molecule has 3 aromatic carbocycles. The number of aryl methyl sites for hydroxylation is 1. The van der Waals surface area contributed by atoms with Gasteiger partial charge in [-0.3, -0.25) is 9.59 Å². The third-order valence-corrected chi connectivity index (χ3v) is 7.07. The number of aromatic nitrogens is 1. The van der Waals surface area contributed by atoms with Gasteiger partial charge in [-0.25, -0.2) is 4.98 Å². The minimum atomic E-state index is -0.0974. The number of amides is 2. The summed E-state index contributed by atoms with van der Waals surface area (Å²) in [7, 11) is 0. The number of carbonyl (C=O) groups is 2. The highest BCUT2D eigenvalue weighted by molar-refractivity contribution is 8.01. The second-order valence-electron chi connectivity index (χ2n) is 7.49. The first-order valence-corrected chi connectivity index (χ1v) is 12.8. The van der Waals surface area contributed by atoms with Crippen molar-refractivity contribution < 1.29 is 14.3 Å². The van der Waals surface area contributed by atoms with Crippen LogP contribution < -0.4 is 15.4 Å². The molecule has 0 radical (unpaired) electrons. The molecule has 0 aliphatic carbocycles. The van der Waals surface area contributed by atoms with Crippen LogP contribution in [-0.2, 0) is 16.0 Å². The summed E-state index contributed by atoms with van der Waals surface area (Å²) in [6.07, 6.45) is 1.13. The molecule has 0 unspecified atom stereocenters. The van der Waals surface area contributed by atoms with E-state index in [-0.39, 0.29) is 17.6 Å². The lowest BCUT2D eigenvalue weighted by molar-refractivity contribution is -0.116. The number of thioether (sulfide) groups is 1. The number of benzene rings is 3. The molecular formula is C26H25N3O3S2. The maximum atomic E-state index is 12.3. The standard InChI is InChI=1S/C26H25N3O3S2/c1-2-32-21-12-9-19(10-13-21)27-25(31)17-33-26-29-22-14-11-20(16-23(22)34-26)28-24(30)15-8-18-6-4-3-5-7-18/h3-7,9-14,16H,2,8,15,17H2,1H3,(H,27,31)(H,28,30). The largest absolute Gasteiger partial charge is 0.494 e. The number of hydrogen-bond acceptors (Lipinski definition) is 6. The zero-order valence-corrected chi connectivity index (χ0v) is 20.4. The van der Waals surface area contributed by atoms with Crippen LogP contribution in [0.2, 0.25) is 0 Å². The van der Waals surface area contributed by atoms with Gasteiger partial charge in [0.15, 0.2) is 4.34 Å². The lowest BCUT2D eigenvalue weighted by Crippen LogP contribution is -2.13. The van der Waals surface area contributed by atoms with Gasteiger partial charge in [-0.1, -0.05) is 42.1 Å². The van der Waals surface area contributed by atoms with Crippen LogP contribution in [0.3, 0.4) is 0 Å². The summed E-state index contributed by atoms with van der Waals surface area (Å²) in [5.74, 6) is 0.917. The monoisotopic (exact) mass is 491 g/mol. The van der Waals surface area contributed by atoms with Crippen molar-refractivity contribution in [2.24, 2.45) is 0 Å². The number of fused-ring (bicyclic) bond motifs is 1. The van der Waals surface area contributed by atoms with E-state index in [1.165, 1.54) is 23.1 Å². The van der Waals surface area contributed by atoms with Gasteiger partial charge in [0.25, 0.3) is 0 Å². The van der Waals surface area contributed by atoms with E-state index in [1.807, 2.05) is 79.7 Å². The van der Waals surface area contributed by atoms with Crippen molar-refractivity contribution in [2.45, 2.75) is 24.1 Å². The molecule has 0 atom stereocenters. The lowest BCUT2D eigenvalue weighted by Gasteiger charge is -2.06. The second-order valence-corrected chi connectivity index (χ2v) is 9.74. The quantitative estimate of drug-likeness (QED) is 0.266. The summed E-state index contributed by atoms with van der Waals surface area (Å²) in [6.45, 7) is 2.53. The molecule has 6 nitrogen and oxygen atoms in total. The fraction of sp³-hybridized carbons (Fsp3) is 0.192. The van der Waals surface area contributed by atoms with Crippen LogP contribution in [0.15, 0.2) is 77.1 Å². The fourth-order valence-electron chi connectivity index (χ4n) is 3.29. The zero-order chi connectivity index (χ0) is 23.8. The third-order valence-electron chi connectivity index (χ3n) is 4.91. The third kappa shape index (κ3) is 6.82. The number of ether oxygens (including phenoxy) is 1. The van der Waals surface area contributed by atoms with Crippen molar-refractivity contribution in [2.75, 3.05) is 23.0 Å². The first-order chi connectivity index (χ1) is 16.6. The zero-order valence-electron chi connectivity index (χ0n) is 18.7. The van der Waals surface area contributed by atoms with Crippen LogP contribution >= 0.6 is 23.1 Å². The summed E-state index contributed by atoms with van der Waals surface area (Å²) < 4.78 is 7.19. The number of nitrogens with zero attached hydrogens (tertiary/aromatic N) is 1. The van der Waals surface area contributed by atoms with Crippen LogP contribution in [0.1, 0.15) is 18.9 Å². The molecule has 1 heterocycles. The van der Waals surface area contributed by atoms with Crippen molar-refractivity contribution in [1.82, 2.24) is 4.98 Å². The van der Waals surface area contributed by atoms with Gasteiger partial charge in [-0.2, -0.15) is 0 Å². The van der Waals surface area contributed by atoms with Gasteiger partial charge in [-0.15, -0.1) is 11.3 Å². The van der Waals surface area contributed by atoms with Crippen LogP contribution in [0.4, 0.5) is 11.4 Å². The summed E-state index contributed by atoms with van der Waals surface area (Å²) in [4.78, 5) is 29.2. The number of anilines is 2. The van der Waals surface area contributed by atoms with Gasteiger partial charge >= 0.3 is 0 Å². The van der Waals surface area contributed by atoms with Crippen molar-refractivity contribution >= 4 is 56.5 Å². The molecule has 2 amide bonds. The Hall–Kier alpha value is -3.36. The van der Waals surface area contributed by atoms with Crippen LogP contribution in [0, 0.1) is 0 Å². The van der Waals surface area contributed by atoms with E-state index < -0.39 is 0 Å². The highest BCUT2D eigenvalue weighted by atomic mass is 32.2. The minimum absolute atomic E-state index is 0.0201. The summed E-state index contributed by atoms with van der Waals surface area (Å²) >= 11 is 2.90. The Labute approximate surface area is 206 Å². The Morgan fingerprint density at radius 2 is 1.68 bits per heavy atom. The van der Waals surface area contributed by atoms with Gasteiger partial charge in [0.05, 0.1) is 22.6 Å². The van der Waals surface area contributed by atoms with Gasteiger partial charge in [0, 0.05) is 17.8 Å². The normalized spacial score (nSPS) is 10.7. The van der Waals surface area contributed by atoms with Crippen molar-refractivity contribution in [3.63, 3.8) is 0 Å². The highest BCUT2D eigenvalue weighted by Gasteiger charge is 2.10. The maximum absolute atomic E-state index is 12.3. The van der Waals surface area contributed by atoms with E-state index in [9.17, 15) is 9.59 Å². The van der Waals surface area contributed by atoms with E-state index in [4.69, 9.17) is 4.74 Å². The lowest BCUT2D eigenvalue weighted by atomic mass is 10.1. The van der Waals surface area contributed by atoms with Gasteiger partial charge < -0.3 is 15.4 Å². The summed E-state index contributed by atoms with van der Waals surface area (Å²) in [5, 5.41) is 5.85. The number of thiazole rings is 1. The van der Waals surface area contributed by atoms with E-state index in [0.717, 1.165) is 37.2 Å². The SMILES string of the molecule is CCOc1ccc(NC(=O)CSc2nc3ccc(NC(=O)CCc4ccccc4)cc3s2)cc1. The molecule has 0 aliphatic heterocycles. The molecule has 174 valence electrons. The summed E-state index contributed by atoms with van der Waals surface area (Å²) in [5.41, 5.74) is 3.47. The average Bonchev–Trinajstić information content (AvgIpc) is 3.26. The number of rotatable bonds is 10. The Morgan fingerprint density at radius 1 is 0.941 bits per heavy atom. The Bertz CT molecular complexity index is 1260. The van der Waals surface area contributed by atoms with Crippen molar-refractivity contribution in [3.05, 3.63) is 78.4 Å². The van der Waals surface area contributed by atoms with Crippen LogP contribution in [0.25, 0.3) is 10.2 Å². The molecule has 0 saturated carbocycles. The van der Waals surface area contributed by atoms with Crippen LogP contribution in [0.5, 0.6) is 5.75 Å². The molecule has 8 heteroatoms. The van der Waals surface area contributed by atoms with Crippen molar-refractivity contribution in [3.8, 4) is 5.75 Å². The molecule has 0 bridgehead atoms. The number of carbonyl (C=O) groups excluding carboxylic acids is 2. The Balaban J connectivity index is 1.28. The molecule has 4 aromatic rings. The highest BCUT2D eigenvalue weighted by Crippen LogP contribution is 2.31. The van der Waals surface area contributed by atoms with E-state index in [1.54, 1.807) is 0 Å². The van der Waals surface area contributed by atoms with Crippen LogP contribution in [-0.4, -0.2) is 29.2 Å². The molecule has 0 fully saturated rings. The first kappa shape index (κ1) is 23.8. The van der Waals surface area contributed by atoms with E-state index >= 15 is 0 Å². The predicted molar refractivity (Wildman–Crippen MR) is 140 cm³/mol.